The molecule has 1 aromatic carbocycles. The summed E-state index contributed by atoms with van der Waals surface area (Å²) in [6.07, 6.45) is 2.49. The van der Waals surface area contributed by atoms with E-state index in [2.05, 4.69) is 10.3 Å². The predicted octanol–water partition coefficient (Wildman–Crippen LogP) is 3.42. The lowest BCUT2D eigenvalue weighted by Crippen LogP contribution is -2.31. The lowest BCUT2D eigenvalue weighted by atomic mass is 10.1. The van der Waals surface area contributed by atoms with Crippen LogP contribution in [0.5, 0.6) is 0 Å². The highest BCUT2D eigenvalue weighted by Crippen LogP contribution is 2.18. The number of hydrogen-bond donors (Lipinski definition) is 1. The number of nitrogens with zero attached hydrogens (tertiary/aromatic N) is 1. The molecule has 0 aliphatic heterocycles. The van der Waals surface area contributed by atoms with E-state index in [4.69, 9.17) is 11.6 Å². The minimum Gasteiger partial charge on any atom is -0.350 e. The SMILES string of the molecule is CCC(C)NC(=O)c1cnc2ccc(Cl)cc2c1. The molecule has 2 aromatic rings. The molecule has 0 aliphatic carbocycles. The first-order chi connectivity index (χ1) is 8.60. The van der Waals surface area contributed by atoms with Crippen molar-refractivity contribution < 1.29 is 4.79 Å². The zero-order valence-corrected chi connectivity index (χ0v) is 11.2. The number of halogens is 1. The minimum atomic E-state index is -0.0984. The van der Waals surface area contributed by atoms with Gasteiger partial charge in [0.15, 0.2) is 0 Å². The Balaban J connectivity index is 2.31. The van der Waals surface area contributed by atoms with Crippen molar-refractivity contribution in [1.82, 2.24) is 10.3 Å². The van der Waals surface area contributed by atoms with Gasteiger partial charge in [-0.1, -0.05) is 18.5 Å². The fraction of sp³-hybridized carbons (Fsp3) is 0.286. The predicted molar refractivity (Wildman–Crippen MR) is 74.0 cm³/mol. The zero-order valence-electron chi connectivity index (χ0n) is 10.4. The molecule has 0 spiro atoms. The molecule has 1 atom stereocenters. The number of pyridine rings is 1. The number of rotatable bonds is 3. The molecule has 0 fully saturated rings. The number of benzene rings is 1. The van der Waals surface area contributed by atoms with E-state index in [-0.39, 0.29) is 11.9 Å². The van der Waals surface area contributed by atoms with Crippen molar-refractivity contribution in [2.24, 2.45) is 0 Å². The Bertz CT molecular complexity index is 583. The molecule has 0 saturated heterocycles. The Hall–Kier alpha value is -1.61. The number of amides is 1. The fourth-order valence-electron chi connectivity index (χ4n) is 1.64. The van der Waals surface area contributed by atoms with E-state index in [1.54, 1.807) is 12.3 Å². The Morgan fingerprint density at radius 1 is 1.44 bits per heavy atom. The molecule has 94 valence electrons. The third kappa shape index (κ3) is 2.79. The van der Waals surface area contributed by atoms with E-state index in [0.29, 0.717) is 10.6 Å². The van der Waals surface area contributed by atoms with Crippen molar-refractivity contribution in [3.05, 3.63) is 41.0 Å². The largest absolute Gasteiger partial charge is 0.350 e. The summed E-state index contributed by atoms with van der Waals surface area (Å²) in [5.74, 6) is -0.0984. The lowest BCUT2D eigenvalue weighted by molar-refractivity contribution is 0.0939. The fourth-order valence-corrected chi connectivity index (χ4v) is 1.82. The normalized spacial score (nSPS) is 12.4. The monoisotopic (exact) mass is 262 g/mol. The Kier molecular flexibility index (Phi) is 3.82. The van der Waals surface area contributed by atoms with Gasteiger partial charge in [-0.2, -0.15) is 0 Å². The molecular weight excluding hydrogens is 248 g/mol. The number of carbonyl (C=O) groups excluding carboxylic acids is 1. The van der Waals surface area contributed by atoms with Crippen LogP contribution in [0.1, 0.15) is 30.6 Å². The number of nitrogens with one attached hydrogen (secondary N) is 1. The van der Waals surface area contributed by atoms with Crippen molar-refractivity contribution in [3.63, 3.8) is 0 Å². The van der Waals surface area contributed by atoms with Crippen LogP contribution in [0.4, 0.5) is 0 Å². The topological polar surface area (TPSA) is 42.0 Å². The molecule has 0 radical (unpaired) electrons. The minimum absolute atomic E-state index is 0.0984. The third-order valence-corrected chi connectivity index (χ3v) is 3.13. The van der Waals surface area contributed by atoms with Gasteiger partial charge in [-0.15, -0.1) is 0 Å². The van der Waals surface area contributed by atoms with Crippen molar-refractivity contribution in [3.8, 4) is 0 Å². The van der Waals surface area contributed by atoms with Gasteiger partial charge in [0.05, 0.1) is 11.1 Å². The maximum atomic E-state index is 12.0. The molecule has 0 bridgehead atoms. The van der Waals surface area contributed by atoms with Crippen LogP contribution in [0.15, 0.2) is 30.5 Å². The van der Waals surface area contributed by atoms with Gasteiger partial charge in [0.25, 0.3) is 5.91 Å². The summed E-state index contributed by atoms with van der Waals surface area (Å²) in [5, 5.41) is 4.43. The summed E-state index contributed by atoms with van der Waals surface area (Å²) in [7, 11) is 0. The third-order valence-electron chi connectivity index (χ3n) is 2.90. The summed E-state index contributed by atoms with van der Waals surface area (Å²) in [6.45, 7) is 4.01. The summed E-state index contributed by atoms with van der Waals surface area (Å²) >= 11 is 5.93. The van der Waals surface area contributed by atoms with Crippen LogP contribution in [0.2, 0.25) is 5.02 Å². The number of hydrogen-bond acceptors (Lipinski definition) is 2. The highest BCUT2D eigenvalue weighted by molar-refractivity contribution is 6.31. The van der Waals surface area contributed by atoms with E-state index < -0.39 is 0 Å². The Labute approximate surface area is 111 Å². The van der Waals surface area contributed by atoms with Crippen molar-refractivity contribution in [1.29, 1.82) is 0 Å². The van der Waals surface area contributed by atoms with Crippen LogP contribution in [0.3, 0.4) is 0 Å². The first kappa shape index (κ1) is 12.8. The summed E-state index contributed by atoms with van der Waals surface area (Å²) in [5.41, 5.74) is 1.39. The first-order valence-electron chi connectivity index (χ1n) is 5.96. The van der Waals surface area contributed by atoms with Crippen molar-refractivity contribution in [2.75, 3.05) is 0 Å². The van der Waals surface area contributed by atoms with Crippen LogP contribution in [0.25, 0.3) is 10.9 Å². The number of aromatic nitrogens is 1. The molecule has 4 heteroatoms. The molecule has 1 unspecified atom stereocenters. The van der Waals surface area contributed by atoms with Gasteiger partial charge in [0, 0.05) is 22.6 Å². The molecule has 0 aliphatic rings. The van der Waals surface area contributed by atoms with Crippen LogP contribution in [-0.4, -0.2) is 16.9 Å². The molecule has 1 aromatic heterocycles. The van der Waals surface area contributed by atoms with Crippen LogP contribution in [-0.2, 0) is 0 Å². The standard InChI is InChI=1S/C14H15ClN2O/c1-3-9(2)17-14(18)11-6-10-7-12(15)4-5-13(10)16-8-11/h4-9H,3H2,1-2H3,(H,17,18). The lowest BCUT2D eigenvalue weighted by Gasteiger charge is -2.11. The van der Waals surface area contributed by atoms with Gasteiger partial charge in [0.1, 0.15) is 0 Å². The van der Waals surface area contributed by atoms with Crippen LogP contribution in [0, 0.1) is 0 Å². The smallest absolute Gasteiger partial charge is 0.253 e. The number of carbonyl (C=O) groups is 1. The molecule has 18 heavy (non-hydrogen) atoms. The molecule has 1 amide bonds. The quantitative estimate of drug-likeness (QED) is 0.921. The van der Waals surface area contributed by atoms with Gasteiger partial charge >= 0.3 is 0 Å². The second kappa shape index (κ2) is 5.36. The summed E-state index contributed by atoms with van der Waals surface area (Å²) in [6, 6.07) is 7.41. The van der Waals surface area contributed by atoms with Gasteiger partial charge in [0.2, 0.25) is 0 Å². The molecule has 3 nitrogen and oxygen atoms in total. The zero-order chi connectivity index (χ0) is 13.1. The van der Waals surface area contributed by atoms with Gasteiger partial charge in [-0.05, 0) is 37.6 Å². The highest BCUT2D eigenvalue weighted by atomic mass is 35.5. The Morgan fingerprint density at radius 2 is 2.22 bits per heavy atom. The van der Waals surface area contributed by atoms with Gasteiger partial charge in [-0.25, -0.2) is 0 Å². The average molecular weight is 263 g/mol. The second-order valence-corrected chi connectivity index (χ2v) is 4.78. The molecule has 0 saturated carbocycles. The van der Waals surface area contributed by atoms with E-state index >= 15 is 0 Å². The maximum absolute atomic E-state index is 12.0. The second-order valence-electron chi connectivity index (χ2n) is 4.34. The maximum Gasteiger partial charge on any atom is 0.253 e. The van der Waals surface area contributed by atoms with Crippen LogP contribution < -0.4 is 5.32 Å². The van der Waals surface area contributed by atoms with Crippen LogP contribution >= 0.6 is 11.6 Å². The van der Waals surface area contributed by atoms with E-state index in [1.165, 1.54) is 0 Å². The molecular formula is C14H15ClN2O. The molecule has 2 rings (SSSR count). The van der Waals surface area contributed by atoms with E-state index in [0.717, 1.165) is 17.3 Å². The first-order valence-corrected chi connectivity index (χ1v) is 6.34. The molecule has 1 N–H and O–H groups in total. The molecule has 1 heterocycles. The number of fused-ring (bicyclic) bond motifs is 1. The van der Waals surface area contributed by atoms with Crippen molar-refractivity contribution in [2.45, 2.75) is 26.3 Å². The Morgan fingerprint density at radius 3 is 2.94 bits per heavy atom. The average Bonchev–Trinajstić information content (AvgIpc) is 2.37. The summed E-state index contributed by atoms with van der Waals surface area (Å²) < 4.78 is 0. The van der Waals surface area contributed by atoms with Crippen molar-refractivity contribution >= 4 is 28.4 Å². The van der Waals surface area contributed by atoms with Gasteiger partial charge < -0.3 is 5.32 Å². The van der Waals surface area contributed by atoms with E-state index in [1.807, 2.05) is 32.0 Å². The summed E-state index contributed by atoms with van der Waals surface area (Å²) in [4.78, 5) is 16.2. The van der Waals surface area contributed by atoms with E-state index in [9.17, 15) is 4.79 Å². The van der Waals surface area contributed by atoms with Gasteiger partial charge in [-0.3, -0.25) is 9.78 Å². The highest BCUT2D eigenvalue weighted by Gasteiger charge is 2.09.